The molecule has 0 saturated heterocycles. The zero-order valence-corrected chi connectivity index (χ0v) is 16.8. The van der Waals surface area contributed by atoms with Crippen molar-refractivity contribution in [3.05, 3.63) is 82.9 Å². The zero-order chi connectivity index (χ0) is 22.0. The van der Waals surface area contributed by atoms with Crippen LogP contribution in [0.1, 0.15) is 31.8 Å². The van der Waals surface area contributed by atoms with Crippen LogP contribution in [0.25, 0.3) is 0 Å². The van der Waals surface area contributed by atoms with Crippen LogP contribution in [-0.4, -0.2) is 25.0 Å². The third kappa shape index (κ3) is 4.40. The van der Waals surface area contributed by atoms with Gasteiger partial charge in [-0.05, 0) is 72.6 Å². The third-order valence-electron chi connectivity index (χ3n) is 4.74. The van der Waals surface area contributed by atoms with Gasteiger partial charge in [-0.3, -0.25) is 4.79 Å². The summed E-state index contributed by atoms with van der Waals surface area (Å²) in [6.45, 7) is 1.81. The Labute approximate surface area is 178 Å². The molecule has 1 aliphatic rings. The fraction of sp³-hybridized carbons (Fsp3) is 0.125. The van der Waals surface area contributed by atoms with Crippen molar-refractivity contribution in [3.63, 3.8) is 0 Å². The van der Waals surface area contributed by atoms with Crippen LogP contribution in [0.5, 0.6) is 23.0 Å². The smallest absolute Gasteiger partial charge is 0.346 e. The second-order valence-corrected chi connectivity index (χ2v) is 6.90. The van der Waals surface area contributed by atoms with Crippen molar-refractivity contribution in [1.29, 1.82) is 0 Å². The Morgan fingerprint density at radius 2 is 1.42 bits per heavy atom. The molecule has 0 fully saturated rings. The SMILES string of the molecule is COC(=O)c1ccc(Oc2ccc(Oc3ccc4c(c3)C(=O)OC(=O)C4)cc2)cc1C. The van der Waals surface area contributed by atoms with Crippen molar-refractivity contribution in [1.82, 2.24) is 0 Å². The van der Waals surface area contributed by atoms with Crippen molar-refractivity contribution in [2.24, 2.45) is 0 Å². The van der Waals surface area contributed by atoms with Crippen molar-refractivity contribution in [3.8, 4) is 23.0 Å². The lowest BCUT2D eigenvalue weighted by Crippen LogP contribution is -2.22. The number of hydrogen-bond donors (Lipinski definition) is 0. The van der Waals surface area contributed by atoms with Crippen LogP contribution in [0.2, 0.25) is 0 Å². The minimum absolute atomic E-state index is 0.0630. The molecule has 0 spiro atoms. The first-order valence-corrected chi connectivity index (χ1v) is 9.45. The largest absolute Gasteiger partial charge is 0.465 e. The minimum atomic E-state index is -0.672. The summed E-state index contributed by atoms with van der Waals surface area (Å²) >= 11 is 0. The number of ether oxygens (including phenoxy) is 4. The van der Waals surface area contributed by atoms with Gasteiger partial charge in [0.25, 0.3) is 0 Å². The Kier molecular flexibility index (Phi) is 5.41. The highest BCUT2D eigenvalue weighted by molar-refractivity contribution is 6.02. The van der Waals surface area contributed by atoms with Crippen LogP contribution >= 0.6 is 0 Å². The normalized spacial score (nSPS) is 12.6. The highest BCUT2D eigenvalue weighted by atomic mass is 16.6. The molecule has 3 aromatic carbocycles. The predicted molar refractivity (Wildman–Crippen MR) is 110 cm³/mol. The lowest BCUT2D eigenvalue weighted by atomic mass is 10.0. The van der Waals surface area contributed by atoms with E-state index in [2.05, 4.69) is 4.74 Å². The summed E-state index contributed by atoms with van der Waals surface area (Å²) in [5.74, 6) is 0.544. The van der Waals surface area contributed by atoms with Crippen molar-refractivity contribution in [2.75, 3.05) is 7.11 Å². The number of aryl methyl sites for hydroxylation is 1. The quantitative estimate of drug-likeness (QED) is 0.442. The van der Waals surface area contributed by atoms with Crippen LogP contribution in [0.4, 0.5) is 0 Å². The maximum Gasteiger partial charge on any atom is 0.346 e. The highest BCUT2D eigenvalue weighted by Gasteiger charge is 2.25. The van der Waals surface area contributed by atoms with Gasteiger partial charge in [0.15, 0.2) is 0 Å². The van der Waals surface area contributed by atoms with Crippen LogP contribution in [0.15, 0.2) is 60.7 Å². The molecule has 0 amide bonds. The molecule has 156 valence electrons. The van der Waals surface area contributed by atoms with E-state index in [-0.39, 0.29) is 6.42 Å². The lowest BCUT2D eigenvalue weighted by molar-refractivity contribution is -0.137. The standard InChI is InChI=1S/C24H18O7/c1-14-11-18(9-10-20(14)23(26)28-2)29-16-5-7-17(8-6-16)30-19-4-3-15-12-22(25)31-24(27)21(15)13-19/h3-11,13H,12H2,1-2H3. The van der Waals surface area contributed by atoms with E-state index in [1.807, 2.05) is 0 Å². The first kappa shape index (κ1) is 20.2. The third-order valence-corrected chi connectivity index (χ3v) is 4.74. The summed E-state index contributed by atoms with van der Waals surface area (Å²) in [4.78, 5) is 34.9. The molecule has 0 unspecified atom stereocenters. The van der Waals surface area contributed by atoms with E-state index >= 15 is 0 Å². The fourth-order valence-electron chi connectivity index (χ4n) is 3.20. The second-order valence-electron chi connectivity index (χ2n) is 6.90. The molecule has 0 radical (unpaired) electrons. The molecule has 0 aliphatic carbocycles. The van der Waals surface area contributed by atoms with Crippen LogP contribution in [-0.2, 0) is 20.7 Å². The van der Waals surface area contributed by atoms with E-state index < -0.39 is 17.9 Å². The van der Waals surface area contributed by atoms with Crippen molar-refractivity contribution >= 4 is 17.9 Å². The lowest BCUT2D eigenvalue weighted by Gasteiger charge is -2.15. The van der Waals surface area contributed by atoms with E-state index in [9.17, 15) is 14.4 Å². The molecular formula is C24H18O7. The molecule has 1 heterocycles. The van der Waals surface area contributed by atoms with Crippen molar-refractivity contribution < 1.29 is 33.3 Å². The summed E-state index contributed by atoms with van der Waals surface area (Å²) in [5, 5.41) is 0. The monoisotopic (exact) mass is 418 g/mol. The topological polar surface area (TPSA) is 88.1 Å². The van der Waals surface area contributed by atoms with Crippen LogP contribution < -0.4 is 9.47 Å². The molecule has 0 N–H and O–H groups in total. The molecule has 7 heteroatoms. The van der Waals surface area contributed by atoms with Crippen LogP contribution in [0, 0.1) is 6.92 Å². The van der Waals surface area contributed by atoms with Gasteiger partial charge < -0.3 is 18.9 Å². The Balaban J connectivity index is 1.45. The number of hydrogen-bond acceptors (Lipinski definition) is 7. The molecule has 7 nitrogen and oxygen atoms in total. The Morgan fingerprint density at radius 1 is 0.839 bits per heavy atom. The number of carbonyl (C=O) groups excluding carboxylic acids is 3. The van der Waals surface area contributed by atoms with Gasteiger partial charge in [-0.15, -0.1) is 0 Å². The summed E-state index contributed by atoms with van der Waals surface area (Å²) in [7, 11) is 1.34. The Hall–Kier alpha value is -4.13. The van der Waals surface area contributed by atoms with E-state index in [0.717, 1.165) is 5.56 Å². The van der Waals surface area contributed by atoms with E-state index in [4.69, 9.17) is 14.2 Å². The van der Waals surface area contributed by atoms with Gasteiger partial charge in [0.05, 0.1) is 24.7 Å². The maximum atomic E-state index is 11.9. The molecule has 0 atom stereocenters. The zero-order valence-electron chi connectivity index (χ0n) is 16.8. The van der Waals surface area contributed by atoms with E-state index in [1.54, 1.807) is 67.6 Å². The average molecular weight is 418 g/mol. The summed E-state index contributed by atoms with van der Waals surface area (Å²) in [6, 6.07) is 17.0. The van der Waals surface area contributed by atoms with Gasteiger partial charge in [0.2, 0.25) is 0 Å². The molecule has 4 rings (SSSR count). The summed E-state index contributed by atoms with van der Waals surface area (Å²) in [5.41, 5.74) is 2.17. The van der Waals surface area contributed by atoms with Gasteiger partial charge in [0.1, 0.15) is 23.0 Å². The minimum Gasteiger partial charge on any atom is -0.465 e. The van der Waals surface area contributed by atoms with Crippen LogP contribution in [0.3, 0.4) is 0 Å². The fourth-order valence-corrected chi connectivity index (χ4v) is 3.20. The number of carbonyl (C=O) groups is 3. The second kappa shape index (κ2) is 8.31. The summed E-state index contributed by atoms with van der Waals surface area (Å²) in [6.07, 6.45) is 0.0630. The number of fused-ring (bicyclic) bond motifs is 1. The van der Waals surface area contributed by atoms with Gasteiger partial charge in [-0.25, -0.2) is 9.59 Å². The predicted octanol–water partition coefficient (Wildman–Crippen LogP) is 4.61. The van der Waals surface area contributed by atoms with Gasteiger partial charge in [-0.2, -0.15) is 0 Å². The van der Waals surface area contributed by atoms with Gasteiger partial charge >= 0.3 is 17.9 Å². The number of methoxy groups -OCH3 is 1. The molecule has 0 bridgehead atoms. The van der Waals surface area contributed by atoms with Gasteiger partial charge in [0, 0.05) is 0 Å². The highest BCUT2D eigenvalue weighted by Crippen LogP contribution is 2.30. The first-order valence-electron chi connectivity index (χ1n) is 9.45. The molecule has 0 saturated carbocycles. The number of benzene rings is 3. The van der Waals surface area contributed by atoms with E-state index in [0.29, 0.717) is 39.7 Å². The molecule has 3 aromatic rings. The van der Waals surface area contributed by atoms with Crippen molar-refractivity contribution in [2.45, 2.75) is 13.3 Å². The molecule has 0 aromatic heterocycles. The van der Waals surface area contributed by atoms with E-state index in [1.165, 1.54) is 7.11 Å². The Bertz CT molecular complexity index is 1180. The number of rotatable bonds is 5. The molecule has 31 heavy (non-hydrogen) atoms. The van der Waals surface area contributed by atoms with Gasteiger partial charge in [-0.1, -0.05) is 6.07 Å². The average Bonchev–Trinajstić information content (AvgIpc) is 2.75. The maximum absolute atomic E-state index is 11.9. The molecule has 1 aliphatic heterocycles. The molecular weight excluding hydrogens is 400 g/mol. The number of cyclic esters (lactones) is 2. The Morgan fingerprint density at radius 3 is 2.03 bits per heavy atom. The first-order chi connectivity index (χ1) is 14.9. The number of esters is 3. The summed E-state index contributed by atoms with van der Waals surface area (Å²) < 4.78 is 21.0.